The maximum absolute atomic E-state index is 4.47. The third-order valence-corrected chi connectivity index (χ3v) is 5.45. The minimum atomic E-state index is -1.49. The lowest BCUT2D eigenvalue weighted by Crippen LogP contribution is -2.41. The van der Waals surface area contributed by atoms with E-state index in [1.807, 2.05) is 12.3 Å². The molecule has 92 valence electrons. The molecule has 0 saturated carbocycles. The average Bonchev–Trinajstić information content (AvgIpc) is 2.35. The third kappa shape index (κ3) is 5.13. The van der Waals surface area contributed by atoms with Gasteiger partial charge in [-0.15, -0.1) is 0 Å². The zero-order valence-electron chi connectivity index (χ0n) is 11.2. The van der Waals surface area contributed by atoms with Gasteiger partial charge < -0.3 is 0 Å². The van der Waals surface area contributed by atoms with Crippen LogP contribution in [0, 0.1) is 0 Å². The van der Waals surface area contributed by atoms with Gasteiger partial charge in [-0.05, 0) is 18.6 Å². The number of aromatic nitrogens is 1. The summed E-state index contributed by atoms with van der Waals surface area (Å²) in [5, 5.41) is 1.25. The molecule has 1 heterocycles. The van der Waals surface area contributed by atoms with Crippen LogP contribution in [-0.4, -0.2) is 13.1 Å². The second-order valence-electron chi connectivity index (χ2n) is 4.87. The van der Waals surface area contributed by atoms with Crippen LogP contribution in [0.25, 0.3) is 0 Å². The van der Waals surface area contributed by atoms with Gasteiger partial charge in [-0.1, -0.05) is 62.9 Å². The molecule has 0 radical (unpaired) electrons. The molecule has 0 saturated heterocycles. The summed E-state index contributed by atoms with van der Waals surface area (Å²) >= 11 is 0. The quantitative estimate of drug-likeness (QED) is 0.421. The molecule has 0 aliphatic carbocycles. The van der Waals surface area contributed by atoms with E-state index in [0.29, 0.717) is 0 Å². The summed E-state index contributed by atoms with van der Waals surface area (Å²) < 4.78 is 0. The fourth-order valence-electron chi connectivity index (χ4n) is 1.62. The summed E-state index contributed by atoms with van der Waals surface area (Å²) in [7, 11) is -1.49. The van der Waals surface area contributed by atoms with E-state index in [9.17, 15) is 0 Å². The molecule has 0 aliphatic heterocycles. The van der Waals surface area contributed by atoms with Crippen molar-refractivity contribution in [3.63, 3.8) is 0 Å². The molecule has 1 aromatic heterocycles. The lowest BCUT2D eigenvalue weighted by Gasteiger charge is -2.16. The number of allylic oxidation sites excluding steroid dienone is 3. The Bertz CT molecular complexity index is 366. The van der Waals surface area contributed by atoms with Crippen LogP contribution in [0.4, 0.5) is 0 Å². The van der Waals surface area contributed by atoms with E-state index < -0.39 is 8.07 Å². The van der Waals surface area contributed by atoms with Crippen LogP contribution in [-0.2, 0) is 0 Å². The fraction of sp³-hybridized carbons (Fsp3) is 0.400. The molecule has 0 aromatic carbocycles. The van der Waals surface area contributed by atoms with Crippen molar-refractivity contribution in [2.45, 2.75) is 39.3 Å². The molecule has 0 atom stereocenters. The van der Waals surface area contributed by atoms with Gasteiger partial charge in [0, 0.05) is 11.5 Å². The number of nitrogens with zero attached hydrogens (tertiary/aromatic N) is 1. The monoisotopic (exact) mass is 245 g/mol. The standard InChI is InChI=1S/C15H23NSi/c1-4-5-6-7-8-11-14-17(2,3)15-12-9-10-13-16-15/h7-14H,4-6H2,1-3H3/b8-7+,14-11+. The Kier molecular flexibility index (Phi) is 5.91. The topological polar surface area (TPSA) is 12.9 Å². The Morgan fingerprint density at radius 1 is 1.24 bits per heavy atom. The fourth-order valence-corrected chi connectivity index (χ4v) is 3.32. The molecule has 1 nitrogen and oxygen atoms in total. The van der Waals surface area contributed by atoms with Crippen molar-refractivity contribution in [2.24, 2.45) is 0 Å². The van der Waals surface area contributed by atoms with Gasteiger partial charge in [-0.3, -0.25) is 4.98 Å². The second-order valence-corrected chi connectivity index (χ2v) is 9.16. The number of hydrogen-bond acceptors (Lipinski definition) is 1. The minimum Gasteiger partial charge on any atom is -0.266 e. The van der Waals surface area contributed by atoms with Gasteiger partial charge >= 0.3 is 0 Å². The molecule has 1 aromatic rings. The van der Waals surface area contributed by atoms with E-state index in [2.05, 4.69) is 61.1 Å². The summed E-state index contributed by atoms with van der Waals surface area (Å²) in [6.45, 7) is 6.87. The zero-order valence-corrected chi connectivity index (χ0v) is 12.2. The van der Waals surface area contributed by atoms with Crippen molar-refractivity contribution in [1.82, 2.24) is 4.98 Å². The summed E-state index contributed by atoms with van der Waals surface area (Å²) in [4.78, 5) is 4.47. The molecule has 2 heteroatoms. The first-order chi connectivity index (χ1) is 8.17. The normalized spacial score (nSPS) is 12.6. The smallest absolute Gasteiger partial charge is 0.127 e. The lowest BCUT2D eigenvalue weighted by molar-refractivity contribution is 0.815. The summed E-state index contributed by atoms with van der Waals surface area (Å²) in [6, 6.07) is 6.18. The summed E-state index contributed by atoms with van der Waals surface area (Å²) in [5.41, 5.74) is 2.35. The molecule has 0 bridgehead atoms. The molecule has 0 aliphatic rings. The lowest BCUT2D eigenvalue weighted by atomic mass is 10.2. The van der Waals surface area contributed by atoms with E-state index in [1.165, 1.54) is 24.6 Å². The van der Waals surface area contributed by atoms with E-state index in [1.54, 1.807) is 0 Å². The molecule has 0 unspecified atom stereocenters. The van der Waals surface area contributed by atoms with Crippen LogP contribution >= 0.6 is 0 Å². The molecule has 0 amide bonds. The Balaban J connectivity index is 2.55. The van der Waals surface area contributed by atoms with Gasteiger partial charge in [0.1, 0.15) is 8.07 Å². The predicted octanol–water partition coefficient (Wildman–Crippen LogP) is 3.84. The van der Waals surface area contributed by atoms with Gasteiger partial charge in [-0.2, -0.15) is 0 Å². The Morgan fingerprint density at radius 3 is 2.71 bits per heavy atom. The molecule has 17 heavy (non-hydrogen) atoms. The third-order valence-electron chi connectivity index (χ3n) is 2.81. The Hall–Kier alpha value is -1.15. The van der Waals surface area contributed by atoms with Crippen molar-refractivity contribution in [3.05, 3.63) is 48.3 Å². The van der Waals surface area contributed by atoms with Gasteiger partial charge in [0.25, 0.3) is 0 Å². The maximum Gasteiger partial charge on any atom is 0.127 e. The van der Waals surface area contributed by atoms with Crippen LogP contribution in [0.15, 0.2) is 48.3 Å². The van der Waals surface area contributed by atoms with Crippen LogP contribution < -0.4 is 5.32 Å². The van der Waals surface area contributed by atoms with E-state index in [0.717, 1.165) is 0 Å². The van der Waals surface area contributed by atoms with Crippen LogP contribution in [0.2, 0.25) is 13.1 Å². The number of hydrogen-bond donors (Lipinski definition) is 0. The molecular weight excluding hydrogens is 222 g/mol. The Labute approximate surface area is 106 Å². The van der Waals surface area contributed by atoms with Crippen LogP contribution in [0.1, 0.15) is 26.2 Å². The van der Waals surface area contributed by atoms with Crippen molar-refractivity contribution < 1.29 is 0 Å². The number of pyridine rings is 1. The van der Waals surface area contributed by atoms with Crippen molar-refractivity contribution in [3.8, 4) is 0 Å². The maximum atomic E-state index is 4.47. The Morgan fingerprint density at radius 2 is 2.06 bits per heavy atom. The highest BCUT2D eigenvalue weighted by atomic mass is 28.3. The predicted molar refractivity (Wildman–Crippen MR) is 79.2 cm³/mol. The van der Waals surface area contributed by atoms with E-state index in [-0.39, 0.29) is 0 Å². The molecule has 1 rings (SSSR count). The van der Waals surface area contributed by atoms with E-state index >= 15 is 0 Å². The summed E-state index contributed by atoms with van der Waals surface area (Å²) in [6.07, 6.45) is 12.2. The first-order valence-electron chi connectivity index (χ1n) is 6.42. The van der Waals surface area contributed by atoms with Crippen LogP contribution in [0.3, 0.4) is 0 Å². The van der Waals surface area contributed by atoms with Gasteiger partial charge in [-0.25, -0.2) is 0 Å². The van der Waals surface area contributed by atoms with Gasteiger partial charge in [0.05, 0.1) is 0 Å². The molecular formula is C15H23NSi. The zero-order chi connectivity index (χ0) is 12.6. The highest BCUT2D eigenvalue weighted by Crippen LogP contribution is 2.04. The molecule has 0 spiro atoms. The van der Waals surface area contributed by atoms with Crippen molar-refractivity contribution >= 4 is 13.4 Å². The first-order valence-corrected chi connectivity index (χ1v) is 9.50. The second kappa shape index (κ2) is 7.23. The highest BCUT2D eigenvalue weighted by molar-refractivity contribution is 6.93. The van der Waals surface area contributed by atoms with Crippen molar-refractivity contribution in [1.29, 1.82) is 0 Å². The van der Waals surface area contributed by atoms with Crippen LogP contribution in [0.5, 0.6) is 0 Å². The van der Waals surface area contributed by atoms with Gasteiger partial charge in [0.2, 0.25) is 0 Å². The molecule has 0 fully saturated rings. The van der Waals surface area contributed by atoms with Crippen molar-refractivity contribution in [2.75, 3.05) is 0 Å². The van der Waals surface area contributed by atoms with Gasteiger partial charge in [0.15, 0.2) is 0 Å². The molecule has 0 N–H and O–H groups in total. The van der Waals surface area contributed by atoms with E-state index in [4.69, 9.17) is 0 Å². The first kappa shape index (κ1) is 13.9. The summed E-state index contributed by atoms with van der Waals surface area (Å²) in [5.74, 6) is 0. The minimum absolute atomic E-state index is 1.19. The SMILES string of the molecule is CCCC/C=C/C=C/[Si](C)(C)c1ccccn1. The number of unbranched alkanes of at least 4 members (excludes halogenated alkanes) is 2. The highest BCUT2D eigenvalue weighted by Gasteiger charge is 2.20. The number of rotatable bonds is 6. The largest absolute Gasteiger partial charge is 0.266 e. The average molecular weight is 245 g/mol.